The Bertz CT molecular complexity index is 479. The molecule has 0 heterocycles. The van der Waals surface area contributed by atoms with Gasteiger partial charge < -0.3 is 20.5 Å². The van der Waals surface area contributed by atoms with E-state index < -0.39 is 12.0 Å². The molecule has 0 aliphatic carbocycles. The SMILES string of the molecule is CCOCCCNC(=O)Nc1cc(Br)ccc1C(=O)O. The number of amides is 2. The molecule has 0 saturated heterocycles. The molecule has 20 heavy (non-hydrogen) atoms. The average Bonchev–Trinajstić information content (AvgIpc) is 2.38. The quantitative estimate of drug-likeness (QED) is 0.663. The molecule has 0 aliphatic rings. The maximum atomic E-state index is 11.7. The lowest BCUT2D eigenvalue weighted by atomic mass is 10.2. The van der Waals surface area contributed by atoms with Crippen molar-refractivity contribution in [1.29, 1.82) is 0 Å². The summed E-state index contributed by atoms with van der Waals surface area (Å²) in [5.74, 6) is -1.09. The minimum Gasteiger partial charge on any atom is -0.478 e. The van der Waals surface area contributed by atoms with Crippen LogP contribution < -0.4 is 10.6 Å². The second kappa shape index (κ2) is 8.55. The summed E-state index contributed by atoms with van der Waals surface area (Å²) in [6.07, 6.45) is 0.700. The van der Waals surface area contributed by atoms with Gasteiger partial charge in [-0.15, -0.1) is 0 Å². The summed E-state index contributed by atoms with van der Waals surface area (Å²) in [5, 5.41) is 14.2. The van der Waals surface area contributed by atoms with E-state index in [9.17, 15) is 9.59 Å². The van der Waals surface area contributed by atoms with Crippen LogP contribution in [0.2, 0.25) is 0 Å². The lowest BCUT2D eigenvalue weighted by molar-refractivity contribution is 0.0698. The van der Waals surface area contributed by atoms with Crippen molar-refractivity contribution in [2.75, 3.05) is 25.1 Å². The number of ether oxygens (including phenoxy) is 1. The molecular weight excluding hydrogens is 328 g/mol. The number of hydrogen-bond acceptors (Lipinski definition) is 3. The molecule has 1 rings (SSSR count). The second-order valence-corrected chi connectivity index (χ2v) is 4.84. The highest BCUT2D eigenvalue weighted by atomic mass is 79.9. The molecule has 0 unspecified atom stereocenters. The van der Waals surface area contributed by atoms with Gasteiger partial charge in [0.15, 0.2) is 0 Å². The van der Waals surface area contributed by atoms with Crippen LogP contribution in [0.25, 0.3) is 0 Å². The van der Waals surface area contributed by atoms with Crippen LogP contribution in [0.5, 0.6) is 0 Å². The smallest absolute Gasteiger partial charge is 0.337 e. The Hall–Kier alpha value is -1.60. The van der Waals surface area contributed by atoms with Crippen LogP contribution in [0.3, 0.4) is 0 Å². The van der Waals surface area contributed by atoms with Crippen molar-refractivity contribution in [3.8, 4) is 0 Å². The Morgan fingerprint density at radius 3 is 2.80 bits per heavy atom. The minimum absolute atomic E-state index is 0.0395. The zero-order chi connectivity index (χ0) is 15.0. The number of benzene rings is 1. The molecule has 7 heteroatoms. The highest BCUT2D eigenvalue weighted by Gasteiger charge is 2.12. The maximum absolute atomic E-state index is 11.7. The Morgan fingerprint density at radius 2 is 2.15 bits per heavy atom. The Morgan fingerprint density at radius 1 is 1.40 bits per heavy atom. The third-order valence-corrected chi connectivity index (χ3v) is 2.91. The van der Waals surface area contributed by atoms with E-state index in [0.29, 0.717) is 30.7 Å². The predicted octanol–water partition coefficient (Wildman–Crippen LogP) is 2.70. The first-order valence-electron chi connectivity index (χ1n) is 6.20. The number of halogens is 1. The number of carboxylic acid groups (broad SMARTS) is 1. The number of aromatic carboxylic acids is 1. The number of anilines is 1. The fraction of sp³-hybridized carbons (Fsp3) is 0.385. The number of carbonyl (C=O) groups excluding carboxylic acids is 1. The minimum atomic E-state index is -1.09. The topological polar surface area (TPSA) is 87.7 Å². The summed E-state index contributed by atoms with van der Waals surface area (Å²) >= 11 is 3.24. The zero-order valence-electron chi connectivity index (χ0n) is 11.1. The molecule has 1 aromatic carbocycles. The van der Waals surface area contributed by atoms with Crippen LogP contribution in [0.4, 0.5) is 10.5 Å². The molecule has 3 N–H and O–H groups in total. The van der Waals surface area contributed by atoms with Crippen LogP contribution in [0, 0.1) is 0 Å². The van der Waals surface area contributed by atoms with E-state index in [4.69, 9.17) is 9.84 Å². The monoisotopic (exact) mass is 344 g/mol. The van der Waals surface area contributed by atoms with Gasteiger partial charge in [-0.25, -0.2) is 9.59 Å². The first kappa shape index (κ1) is 16.5. The largest absolute Gasteiger partial charge is 0.478 e. The molecule has 0 spiro atoms. The van der Waals surface area contributed by atoms with Crippen LogP contribution in [0.15, 0.2) is 22.7 Å². The van der Waals surface area contributed by atoms with E-state index in [1.807, 2.05) is 6.92 Å². The summed E-state index contributed by atoms with van der Waals surface area (Å²) in [6.45, 7) is 3.59. The molecule has 0 bridgehead atoms. The Labute approximate surface area is 125 Å². The number of hydrogen-bond donors (Lipinski definition) is 3. The molecule has 110 valence electrons. The zero-order valence-corrected chi connectivity index (χ0v) is 12.7. The van der Waals surface area contributed by atoms with Crippen molar-refractivity contribution >= 4 is 33.6 Å². The lowest BCUT2D eigenvalue weighted by Gasteiger charge is -2.10. The normalized spacial score (nSPS) is 10.1. The van der Waals surface area contributed by atoms with E-state index >= 15 is 0 Å². The van der Waals surface area contributed by atoms with Gasteiger partial charge in [-0.05, 0) is 31.5 Å². The van der Waals surface area contributed by atoms with E-state index in [2.05, 4.69) is 26.6 Å². The second-order valence-electron chi connectivity index (χ2n) is 3.93. The van der Waals surface area contributed by atoms with Crippen molar-refractivity contribution in [2.24, 2.45) is 0 Å². The van der Waals surface area contributed by atoms with Crippen LogP contribution in [0.1, 0.15) is 23.7 Å². The number of nitrogens with one attached hydrogen (secondary N) is 2. The van der Waals surface area contributed by atoms with Gasteiger partial charge in [0.05, 0.1) is 11.3 Å². The summed E-state index contributed by atoms with van der Waals surface area (Å²) < 4.78 is 5.83. The fourth-order valence-electron chi connectivity index (χ4n) is 1.49. The van der Waals surface area contributed by atoms with Crippen molar-refractivity contribution in [1.82, 2.24) is 5.32 Å². The van der Waals surface area contributed by atoms with Crippen LogP contribution in [-0.4, -0.2) is 36.9 Å². The molecule has 0 atom stereocenters. The standard InChI is InChI=1S/C13H17BrN2O4/c1-2-20-7-3-6-15-13(19)16-11-8-9(14)4-5-10(11)12(17)18/h4-5,8H,2-3,6-7H2,1H3,(H,17,18)(H2,15,16,19). The maximum Gasteiger partial charge on any atom is 0.337 e. The first-order chi connectivity index (χ1) is 9.54. The summed E-state index contributed by atoms with van der Waals surface area (Å²) in [4.78, 5) is 22.7. The molecule has 1 aromatic rings. The van der Waals surface area contributed by atoms with E-state index in [-0.39, 0.29) is 11.3 Å². The summed E-state index contributed by atoms with van der Waals surface area (Å²) in [6, 6.07) is 4.14. The lowest BCUT2D eigenvalue weighted by Crippen LogP contribution is -2.30. The molecule has 0 radical (unpaired) electrons. The van der Waals surface area contributed by atoms with Crippen molar-refractivity contribution in [3.63, 3.8) is 0 Å². The van der Waals surface area contributed by atoms with Crippen molar-refractivity contribution in [3.05, 3.63) is 28.2 Å². The van der Waals surface area contributed by atoms with Crippen LogP contribution in [-0.2, 0) is 4.74 Å². The highest BCUT2D eigenvalue weighted by Crippen LogP contribution is 2.21. The highest BCUT2D eigenvalue weighted by molar-refractivity contribution is 9.10. The van der Waals surface area contributed by atoms with Gasteiger partial charge >= 0.3 is 12.0 Å². The number of urea groups is 1. The number of carbonyl (C=O) groups is 2. The molecule has 2 amide bonds. The molecule has 0 aromatic heterocycles. The van der Waals surface area contributed by atoms with Gasteiger partial charge in [0, 0.05) is 24.2 Å². The summed E-state index contributed by atoms with van der Waals surface area (Å²) in [7, 11) is 0. The average molecular weight is 345 g/mol. The Balaban J connectivity index is 2.53. The number of carboxylic acids is 1. The third-order valence-electron chi connectivity index (χ3n) is 2.42. The first-order valence-corrected chi connectivity index (χ1v) is 6.99. The van der Waals surface area contributed by atoms with Gasteiger partial charge in [0.25, 0.3) is 0 Å². The van der Waals surface area contributed by atoms with E-state index in [1.54, 1.807) is 12.1 Å². The predicted molar refractivity (Wildman–Crippen MR) is 79.2 cm³/mol. The molecular formula is C13H17BrN2O4. The fourth-order valence-corrected chi connectivity index (χ4v) is 1.85. The van der Waals surface area contributed by atoms with Gasteiger partial charge in [-0.2, -0.15) is 0 Å². The number of rotatable bonds is 7. The van der Waals surface area contributed by atoms with E-state index in [0.717, 1.165) is 0 Å². The van der Waals surface area contributed by atoms with Gasteiger partial charge in [-0.3, -0.25) is 0 Å². The summed E-state index contributed by atoms with van der Waals surface area (Å²) in [5.41, 5.74) is 0.284. The third kappa shape index (κ3) is 5.58. The molecule has 0 aliphatic heterocycles. The van der Waals surface area contributed by atoms with Crippen molar-refractivity contribution < 1.29 is 19.4 Å². The van der Waals surface area contributed by atoms with Gasteiger partial charge in [0.1, 0.15) is 0 Å². The Kier molecular flexibility index (Phi) is 7.03. The van der Waals surface area contributed by atoms with Crippen LogP contribution >= 0.6 is 15.9 Å². The van der Waals surface area contributed by atoms with Crippen molar-refractivity contribution in [2.45, 2.75) is 13.3 Å². The van der Waals surface area contributed by atoms with Gasteiger partial charge in [-0.1, -0.05) is 15.9 Å². The molecule has 6 nitrogen and oxygen atoms in total. The molecule has 0 fully saturated rings. The van der Waals surface area contributed by atoms with E-state index in [1.165, 1.54) is 6.07 Å². The van der Waals surface area contributed by atoms with Gasteiger partial charge in [0.2, 0.25) is 0 Å². The molecule has 0 saturated carbocycles.